The molecule has 0 aromatic heterocycles. The van der Waals surface area contributed by atoms with Crippen molar-refractivity contribution in [2.75, 3.05) is 52.9 Å². The quantitative estimate of drug-likeness (QED) is 0.0363. The van der Waals surface area contributed by atoms with Gasteiger partial charge in [-0.2, -0.15) is 0 Å². The van der Waals surface area contributed by atoms with Crippen LogP contribution >= 0.6 is 0 Å². The Hall–Kier alpha value is -3.93. The Labute approximate surface area is 506 Å². The van der Waals surface area contributed by atoms with Crippen LogP contribution in [-0.2, 0) is 76.1 Å². The average Bonchev–Trinajstić information content (AvgIpc) is 0.767. The highest BCUT2D eigenvalue weighted by atomic mass is 16.8. The number of carbonyl (C=O) groups excluding carboxylic acids is 3. The molecule has 6 saturated heterocycles. The van der Waals surface area contributed by atoms with Gasteiger partial charge in [0.15, 0.2) is 25.2 Å². The van der Waals surface area contributed by atoms with Crippen molar-refractivity contribution in [2.24, 2.45) is 0 Å². The number of carboxylic acids is 2. The minimum absolute atomic E-state index is 0.902. The molecule has 0 aromatic rings. The Morgan fingerprint density at radius 2 is 0.911 bits per heavy atom. The van der Waals surface area contributed by atoms with Crippen LogP contribution in [0.4, 0.5) is 0 Å². The van der Waals surface area contributed by atoms with Crippen LogP contribution in [0.5, 0.6) is 0 Å². The van der Waals surface area contributed by atoms with Crippen LogP contribution in [0.25, 0.3) is 0 Å². The maximum absolute atomic E-state index is 13.6. The van der Waals surface area contributed by atoms with E-state index in [1.807, 2.05) is 10.6 Å². The van der Waals surface area contributed by atoms with Crippen molar-refractivity contribution in [3.63, 3.8) is 0 Å². The highest BCUT2D eigenvalue weighted by molar-refractivity contribution is 5.79. The number of aliphatic hydroxyl groups is 21. The molecule has 520 valence electrons. The fraction of sp³-hybridized carbons (Fsp3) is 0.896. The summed E-state index contributed by atoms with van der Waals surface area (Å²) in [5.74, 6) is -15.2. The summed E-state index contributed by atoms with van der Waals surface area (Å²) in [5.41, 5.74) is 0. The Kier molecular flexibility index (Phi) is 26.7. The van der Waals surface area contributed by atoms with Crippen LogP contribution in [0.3, 0.4) is 0 Å². The molecule has 0 saturated carbocycles. The van der Waals surface area contributed by atoms with Gasteiger partial charge in [0.1, 0.15) is 147 Å². The predicted molar refractivity (Wildman–Crippen MR) is 271 cm³/mol. The molecule has 6 heterocycles. The summed E-state index contributed by atoms with van der Waals surface area (Å²) in [6.45, 7) is -9.06. The SMILES string of the molecule is CC(=O)N[C@H]1[C@H](O[C@@H]2[C@@H](O)[C@@H](O)[C@H](O[C@H]3[C@H](O)[C@@H](O)[C@H](O)O[C@@H]3CO)O[C@@H]2CO)O[C@H](CO)[C@H](O)[C@@H]1O[C@@H]1O[C@H](CO)[C@H](O)[C@H](O[C@]2(C(=O)O)C[C@H](O)[C@@H](NC(=O)CO)[C@H]([C@H](O)[C@@H](CO)O[C@]3(C(=O)O)C[C@H](O)[C@@H](NC(=O)CO)[C@H]([C@H](O)[C@H](O)CO)O3)O2)[C@H]1O. The summed E-state index contributed by atoms with van der Waals surface area (Å²) in [5, 5.41) is 253. The van der Waals surface area contributed by atoms with Crippen LogP contribution < -0.4 is 16.0 Å². The van der Waals surface area contributed by atoms with Crippen molar-refractivity contribution in [3.05, 3.63) is 0 Å². The summed E-state index contributed by atoms with van der Waals surface area (Å²) in [7, 11) is 0. The number of ether oxygens (including phenoxy) is 11. The van der Waals surface area contributed by atoms with Gasteiger partial charge in [0.2, 0.25) is 17.7 Å². The van der Waals surface area contributed by atoms with Gasteiger partial charge in [-0.25, -0.2) is 9.59 Å². The van der Waals surface area contributed by atoms with Crippen molar-refractivity contribution in [3.8, 4) is 0 Å². The first kappa shape index (κ1) is 75.1. The van der Waals surface area contributed by atoms with Crippen molar-refractivity contribution >= 4 is 29.7 Å². The van der Waals surface area contributed by atoms with Gasteiger partial charge >= 0.3 is 11.9 Å². The largest absolute Gasteiger partial charge is 0.477 e. The number of carboxylic acid groups (broad SMARTS) is 2. The Balaban J connectivity index is 1.30. The lowest BCUT2D eigenvalue weighted by Gasteiger charge is -2.52. The molecule has 6 rings (SSSR count). The van der Waals surface area contributed by atoms with Crippen LogP contribution in [0, 0.1) is 0 Å². The number of rotatable bonds is 27. The first-order valence-electron chi connectivity index (χ1n) is 27.7. The van der Waals surface area contributed by atoms with Crippen molar-refractivity contribution in [2.45, 2.75) is 215 Å². The summed E-state index contributed by atoms with van der Waals surface area (Å²) in [4.78, 5) is 64.5. The van der Waals surface area contributed by atoms with E-state index < -0.39 is 291 Å². The van der Waals surface area contributed by atoms with Gasteiger partial charge in [0.05, 0.1) is 63.9 Å². The molecular weight excluding hydrogens is 1240 g/mol. The lowest BCUT2D eigenvalue weighted by Crippen LogP contribution is -2.72. The maximum Gasteiger partial charge on any atom is 0.364 e. The Morgan fingerprint density at radius 1 is 0.478 bits per heavy atom. The van der Waals surface area contributed by atoms with E-state index in [4.69, 9.17) is 52.1 Å². The molecule has 0 spiro atoms. The molecule has 0 bridgehead atoms. The van der Waals surface area contributed by atoms with Gasteiger partial charge in [-0.05, 0) is 0 Å². The molecule has 3 amide bonds. The summed E-state index contributed by atoms with van der Waals surface area (Å²) < 4.78 is 62.1. The van der Waals surface area contributed by atoms with Crippen molar-refractivity contribution < 1.29 is 194 Å². The normalized spacial score (nSPS) is 43.9. The minimum atomic E-state index is -3.58. The molecule has 6 fully saturated rings. The molecule has 0 radical (unpaired) electrons. The van der Waals surface area contributed by atoms with E-state index in [1.165, 1.54) is 0 Å². The van der Waals surface area contributed by atoms with Gasteiger partial charge in [-0.3, -0.25) is 14.4 Å². The fourth-order valence-corrected chi connectivity index (χ4v) is 11.1. The summed E-state index contributed by atoms with van der Waals surface area (Å²) in [6, 6.07) is -6.06. The van der Waals surface area contributed by atoms with Crippen LogP contribution in [-0.4, -0.2) is 395 Å². The molecule has 90 heavy (non-hydrogen) atoms. The fourth-order valence-electron chi connectivity index (χ4n) is 11.1. The molecule has 42 heteroatoms. The van der Waals surface area contributed by atoms with Gasteiger partial charge in [-0.1, -0.05) is 0 Å². The monoisotopic (exact) mass is 1320 g/mol. The lowest BCUT2D eigenvalue weighted by molar-refractivity contribution is -0.389. The summed E-state index contributed by atoms with van der Waals surface area (Å²) in [6.07, 6.45) is -62.5. The van der Waals surface area contributed by atoms with Gasteiger partial charge < -0.3 is 186 Å². The molecule has 42 nitrogen and oxygen atoms in total. The molecule has 6 aliphatic heterocycles. The van der Waals surface area contributed by atoms with E-state index in [9.17, 15) is 141 Å². The first-order chi connectivity index (χ1) is 42.4. The topological polar surface area (TPSA) is 688 Å². The first-order valence-corrected chi connectivity index (χ1v) is 27.7. The van der Waals surface area contributed by atoms with Crippen LogP contribution in [0.15, 0.2) is 0 Å². The van der Waals surface area contributed by atoms with E-state index in [0.29, 0.717) is 0 Å². The Bertz CT molecular complexity index is 2350. The second-order valence-electron chi connectivity index (χ2n) is 21.9. The van der Waals surface area contributed by atoms with Gasteiger partial charge in [-0.15, -0.1) is 0 Å². The third-order valence-electron chi connectivity index (χ3n) is 15.8. The second kappa shape index (κ2) is 32.0. The zero-order chi connectivity index (χ0) is 67.2. The van der Waals surface area contributed by atoms with E-state index in [-0.39, 0.29) is 0 Å². The van der Waals surface area contributed by atoms with Crippen LogP contribution in [0.1, 0.15) is 19.8 Å². The predicted octanol–water partition coefficient (Wildman–Crippen LogP) is -17.3. The highest BCUT2D eigenvalue weighted by Crippen LogP contribution is 2.41. The number of aliphatic carboxylic acids is 2. The molecule has 0 aliphatic carbocycles. The molecule has 6 aliphatic rings. The molecule has 32 atom stereocenters. The molecule has 0 unspecified atom stereocenters. The Morgan fingerprint density at radius 3 is 1.40 bits per heavy atom. The number of hydrogen-bond donors (Lipinski definition) is 26. The van der Waals surface area contributed by atoms with E-state index >= 15 is 0 Å². The lowest BCUT2D eigenvalue weighted by atomic mass is 9.87. The number of nitrogens with one attached hydrogen (secondary N) is 3. The van der Waals surface area contributed by atoms with E-state index in [1.54, 1.807) is 0 Å². The molecule has 26 N–H and O–H groups in total. The smallest absolute Gasteiger partial charge is 0.364 e. The standard InChI is InChI=1S/C48H79N3O39/c1-12(60)49-25-37(27(67)16(5-53)81-42(25)84-36-20(9-57)83-43(33(73)31(36)71)85-35-19(8-56)80-41(75)32(72)30(35)70)86-44-34(74)40(28(68)17(6-54)82-44)90-48(46(78)79)3-14(62)24(51-22(65)11-59)39(89-48)29(69)18(7-55)87-47(45(76)77)2-13(61)23(50-21(64)10-58)38(88-47)26(66)15(63)4-52/h13-20,23-44,52-59,61-63,66-75H,2-11H2,1H3,(H,49,60)(H,50,64)(H,51,65)(H,76,77)(H,78,79)/t13-,14-,15+,16+,17+,18+,19+,20+,23+,24+,25+,26+,27-,28-,29+,30+,31-,32+,33+,34+,35+,36-,37+,38+,39+,40-,41+,42-,43-,44-,47+,48-/m0/s1. The zero-order valence-electron chi connectivity index (χ0n) is 47.2. The zero-order valence-corrected chi connectivity index (χ0v) is 47.2. The van der Waals surface area contributed by atoms with E-state index in [2.05, 4.69) is 5.32 Å². The van der Waals surface area contributed by atoms with Gasteiger partial charge in [0, 0.05) is 19.8 Å². The average molecular weight is 1320 g/mol. The highest BCUT2D eigenvalue weighted by Gasteiger charge is 2.63. The van der Waals surface area contributed by atoms with E-state index in [0.717, 1.165) is 6.92 Å². The minimum Gasteiger partial charge on any atom is -0.477 e. The molecule has 0 aromatic carbocycles. The second-order valence-corrected chi connectivity index (χ2v) is 21.9. The van der Waals surface area contributed by atoms with Crippen molar-refractivity contribution in [1.82, 2.24) is 16.0 Å². The number of carbonyl (C=O) groups is 5. The van der Waals surface area contributed by atoms with Crippen molar-refractivity contribution in [1.29, 1.82) is 0 Å². The maximum atomic E-state index is 13.6. The third-order valence-corrected chi connectivity index (χ3v) is 15.8. The summed E-state index contributed by atoms with van der Waals surface area (Å²) >= 11 is 0. The third kappa shape index (κ3) is 16.1. The van der Waals surface area contributed by atoms with Gasteiger partial charge in [0.25, 0.3) is 11.6 Å². The number of amides is 3. The number of hydrogen-bond acceptors (Lipinski definition) is 37. The molecular formula is C48H79N3O39. The van der Waals surface area contributed by atoms with Crippen LogP contribution in [0.2, 0.25) is 0 Å². The number of aliphatic hydroxyl groups excluding tert-OH is 21.